The van der Waals surface area contributed by atoms with Crippen molar-refractivity contribution < 1.29 is 13.9 Å². The first kappa shape index (κ1) is 24.8. The van der Waals surface area contributed by atoms with E-state index in [4.69, 9.17) is 9.84 Å². The van der Waals surface area contributed by atoms with Crippen LogP contribution in [0.5, 0.6) is 0 Å². The Morgan fingerprint density at radius 3 is 2.54 bits per heavy atom. The fraction of sp³-hybridized carbons (Fsp3) is 0.393. The predicted molar refractivity (Wildman–Crippen MR) is 137 cm³/mol. The average molecular weight is 503 g/mol. The van der Waals surface area contributed by atoms with E-state index in [0.29, 0.717) is 41.7 Å². The molecule has 192 valence electrons. The molecule has 0 radical (unpaired) electrons. The maximum absolute atomic E-state index is 13.6. The maximum Gasteiger partial charge on any atom is 0.341 e. The van der Waals surface area contributed by atoms with Crippen LogP contribution >= 0.6 is 0 Å². The molecule has 0 bridgehead atoms. The van der Waals surface area contributed by atoms with Crippen LogP contribution < -0.4 is 0 Å². The highest BCUT2D eigenvalue weighted by molar-refractivity contribution is 5.92. The number of hydrogen-bond acceptors (Lipinski definition) is 6. The molecule has 9 heteroatoms. The summed E-state index contributed by atoms with van der Waals surface area (Å²) in [5.74, 6) is 0.580. The number of halogens is 1. The van der Waals surface area contributed by atoms with Crippen molar-refractivity contribution in [3.05, 3.63) is 76.4 Å². The molecule has 4 aromatic rings. The van der Waals surface area contributed by atoms with Crippen molar-refractivity contribution in [2.45, 2.75) is 59.9 Å². The fourth-order valence-electron chi connectivity index (χ4n) is 4.80. The zero-order chi connectivity index (χ0) is 26.1. The molecule has 1 saturated carbocycles. The molecule has 1 aromatic carbocycles. The molecular formula is C28H31FN6O2. The summed E-state index contributed by atoms with van der Waals surface area (Å²) in [5, 5.41) is 9.56. The molecule has 37 heavy (non-hydrogen) atoms. The Hall–Kier alpha value is -3.88. The summed E-state index contributed by atoms with van der Waals surface area (Å²) in [4.78, 5) is 21.4. The van der Waals surface area contributed by atoms with Gasteiger partial charge >= 0.3 is 5.97 Å². The SMILES string of the molecule is CCOC(=O)c1c(C)nn(-c2cc(Cc3nn(CC4CC4)c(-c4ccc(F)cc4)c3CC)ncn2)c1C. The van der Waals surface area contributed by atoms with Gasteiger partial charge in [0.2, 0.25) is 0 Å². The van der Waals surface area contributed by atoms with Crippen LogP contribution in [0.1, 0.15) is 65.4 Å². The molecular weight excluding hydrogens is 471 g/mol. The smallest absolute Gasteiger partial charge is 0.341 e. The van der Waals surface area contributed by atoms with Crippen molar-refractivity contribution in [2.75, 3.05) is 6.61 Å². The van der Waals surface area contributed by atoms with Crippen molar-refractivity contribution in [3.8, 4) is 17.1 Å². The molecule has 1 aliphatic carbocycles. The van der Waals surface area contributed by atoms with Crippen LogP contribution in [0.2, 0.25) is 0 Å². The summed E-state index contributed by atoms with van der Waals surface area (Å²) in [7, 11) is 0. The van der Waals surface area contributed by atoms with Crippen LogP contribution in [0.3, 0.4) is 0 Å². The lowest BCUT2D eigenvalue weighted by Gasteiger charge is -2.09. The van der Waals surface area contributed by atoms with Gasteiger partial charge in [-0.25, -0.2) is 23.8 Å². The highest BCUT2D eigenvalue weighted by Gasteiger charge is 2.27. The number of ether oxygens (including phenoxy) is 1. The molecule has 5 rings (SSSR count). The van der Waals surface area contributed by atoms with Crippen molar-refractivity contribution in [3.63, 3.8) is 0 Å². The highest BCUT2D eigenvalue weighted by Crippen LogP contribution is 2.35. The van der Waals surface area contributed by atoms with E-state index < -0.39 is 0 Å². The van der Waals surface area contributed by atoms with Crippen LogP contribution in [-0.4, -0.2) is 42.1 Å². The zero-order valence-electron chi connectivity index (χ0n) is 21.7. The van der Waals surface area contributed by atoms with E-state index in [1.165, 1.54) is 31.3 Å². The first-order chi connectivity index (χ1) is 17.9. The summed E-state index contributed by atoms with van der Waals surface area (Å²) < 4.78 is 22.6. The van der Waals surface area contributed by atoms with Gasteiger partial charge in [-0.1, -0.05) is 6.92 Å². The quantitative estimate of drug-likeness (QED) is 0.299. The van der Waals surface area contributed by atoms with E-state index in [9.17, 15) is 9.18 Å². The second-order valence-corrected chi connectivity index (χ2v) is 9.48. The second kappa shape index (κ2) is 10.2. The van der Waals surface area contributed by atoms with E-state index >= 15 is 0 Å². The highest BCUT2D eigenvalue weighted by atomic mass is 19.1. The lowest BCUT2D eigenvalue weighted by atomic mass is 10.0. The number of aryl methyl sites for hydroxylation is 1. The summed E-state index contributed by atoms with van der Waals surface area (Å²) in [5.41, 5.74) is 6.63. The number of nitrogens with zero attached hydrogens (tertiary/aromatic N) is 6. The Labute approximate surface area is 215 Å². The average Bonchev–Trinajstić information content (AvgIpc) is 3.56. The molecule has 8 nitrogen and oxygen atoms in total. The van der Waals surface area contributed by atoms with Gasteiger partial charge in [0.15, 0.2) is 5.82 Å². The number of hydrogen-bond donors (Lipinski definition) is 0. The second-order valence-electron chi connectivity index (χ2n) is 9.48. The Balaban J connectivity index is 1.50. The van der Waals surface area contributed by atoms with Crippen LogP contribution in [0, 0.1) is 25.6 Å². The first-order valence-electron chi connectivity index (χ1n) is 12.8. The minimum atomic E-state index is -0.389. The summed E-state index contributed by atoms with van der Waals surface area (Å²) >= 11 is 0. The van der Waals surface area contributed by atoms with Crippen molar-refractivity contribution in [2.24, 2.45) is 5.92 Å². The summed E-state index contributed by atoms with van der Waals surface area (Å²) in [6.07, 6.45) is 5.26. The van der Waals surface area contributed by atoms with E-state index in [-0.39, 0.29) is 11.8 Å². The molecule has 0 aliphatic heterocycles. The zero-order valence-corrected chi connectivity index (χ0v) is 21.7. The lowest BCUT2D eigenvalue weighted by Crippen LogP contribution is -2.09. The topological polar surface area (TPSA) is 87.7 Å². The minimum Gasteiger partial charge on any atom is -0.462 e. The molecule has 0 unspecified atom stereocenters. The Kier molecular flexibility index (Phi) is 6.86. The van der Waals surface area contributed by atoms with Gasteiger partial charge < -0.3 is 4.74 Å². The van der Waals surface area contributed by atoms with E-state index in [2.05, 4.69) is 26.7 Å². The molecule has 3 heterocycles. The van der Waals surface area contributed by atoms with Crippen molar-refractivity contribution in [1.29, 1.82) is 0 Å². The van der Waals surface area contributed by atoms with Crippen LogP contribution in [-0.2, 0) is 24.1 Å². The number of carbonyl (C=O) groups excluding carboxylic acids is 1. The molecule has 0 spiro atoms. The van der Waals surface area contributed by atoms with Gasteiger partial charge in [-0.3, -0.25) is 4.68 Å². The van der Waals surface area contributed by atoms with Gasteiger partial charge in [-0.15, -0.1) is 0 Å². The third-order valence-electron chi connectivity index (χ3n) is 6.78. The standard InChI is InChI=1S/C28H31FN6O2/c1-5-23-24(33-34(15-19-7-8-19)27(23)20-9-11-21(29)12-10-20)13-22-14-25(31-16-30-22)35-18(4)26(17(3)32-35)28(36)37-6-2/h9-12,14,16,19H,5-8,13,15H2,1-4H3. The molecule has 3 aromatic heterocycles. The van der Waals surface area contributed by atoms with Crippen LogP contribution in [0.4, 0.5) is 4.39 Å². The summed E-state index contributed by atoms with van der Waals surface area (Å²) in [6.45, 7) is 8.67. The Bertz CT molecular complexity index is 1440. The van der Waals surface area contributed by atoms with Gasteiger partial charge in [0.25, 0.3) is 0 Å². The van der Waals surface area contributed by atoms with Crippen molar-refractivity contribution in [1.82, 2.24) is 29.5 Å². The molecule has 0 saturated heterocycles. The van der Waals surface area contributed by atoms with Gasteiger partial charge in [-0.05, 0) is 70.2 Å². The monoisotopic (exact) mass is 502 g/mol. The number of benzene rings is 1. The third kappa shape index (κ3) is 5.03. The number of esters is 1. The van der Waals surface area contributed by atoms with Crippen LogP contribution in [0.15, 0.2) is 36.7 Å². The fourth-order valence-corrected chi connectivity index (χ4v) is 4.80. The normalized spacial score (nSPS) is 13.2. The number of aromatic nitrogens is 6. The lowest BCUT2D eigenvalue weighted by molar-refractivity contribution is 0.0524. The van der Waals surface area contributed by atoms with E-state index in [0.717, 1.165) is 41.2 Å². The molecule has 1 aliphatic rings. The molecule has 0 N–H and O–H groups in total. The predicted octanol–water partition coefficient (Wildman–Crippen LogP) is 5.02. The van der Waals surface area contributed by atoms with Gasteiger partial charge in [0.05, 0.1) is 35.1 Å². The summed E-state index contributed by atoms with van der Waals surface area (Å²) in [6, 6.07) is 8.53. The number of carbonyl (C=O) groups is 1. The molecule has 1 fully saturated rings. The van der Waals surface area contributed by atoms with Crippen molar-refractivity contribution >= 4 is 5.97 Å². The number of rotatable bonds is 9. The molecule has 0 atom stereocenters. The van der Waals surface area contributed by atoms with Gasteiger partial charge in [0.1, 0.15) is 17.7 Å². The minimum absolute atomic E-state index is 0.251. The largest absolute Gasteiger partial charge is 0.462 e. The van der Waals surface area contributed by atoms with Gasteiger partial charge in [-0.2, -0.15) is 10.2 Å². The maximum atomic E-state index is 13.6. The van der Waals surface area contributed by atoms with Crippen LogP contribution in [0.25, 0.3) is 17.1 Å². The third-order valence-corrected chi connectivity index (χ3v) is 6.78. The Morgan fingerprint density at radius 1 is 1.11 bits per heavy atom. The van der Waals surface area contributed by atoms with E-state index in [1.54, 1.807) is 18.5 Å². The van der Waals surface area contributed by atoms with Gasteiger partial charge in [0, 0.05) is 30.2 Å². The van der Waals surface area contributed by atoms with E-state index in [1.807, 2.05) is 25.1 Å². The Morgan fingerprint density at radius 2 is 1.86 bits per heavy atom. The molecule has 0 amide bonds. The first-order valence-corrected chi connectivity index (χ1v) is 12.8.